The van der Waals surface area contributed by atoms with E-state index in [1.807, 2.05) is 18.2 Å². The molecule has 2 rings (SSSR count). The molecule has 0 unspecified atom stereocenters. The monoisotopic (exact) mass is 368 g/mol. The van der Waals surface area contributed by atoms with Crippen molar-refractivity contribution in [1.82, 2.24) is 9.80 Å². The first-order chi connectivity index (χ1) is 12.6. The van der Waals surface area contributed by atoms with E-state index in [0.717, 1.165) is 45.0 Å². The van der Waals surface area contributed by atoms with Crippen molar-refractivity contribution in [1.29, 1.82) is 0 Å². The number of likely N-dealkylation sites (N-methyl/N-ethyl adjacent to an activating group) is 1. The highest BCUT2D eigenvalue weighted by Crippen LogP contribution is 2.28. The van der Waals surface area contributed by atoms with Crippen LogP contribution in [-0.2, 0) is 16.0 Å². The zero-order chi connectivity index (χ0) is 18.8. The summed E-state index contributed by atoms with van der Waals surface area (Å²) in [6.07, 6.45) is -0.544. The van der Waals surface area contributed by atoms with Gasteiger partial charge in [0.25, 0.3) is 0 Å². The molecule has 1 atom stereocenters. The second-order valence-corrected chi connectivity index (χ2v) is 6.59. The van der Waals surface area contributed by atoms with Crippen LogP contribution >= 0.6 is 0 Å². The third-order valence-electron chi connectivity index (χ3n) is 4.36. The van der Waals surface area contributed by atoms with Gasteiger partial charge in [0, 0.05) is 39.8 Å². The van der Waals surface area contributed by atoms with E-state index in [4.69, 9.17) is 18.9 Å². The number of methoxy groups -OCH3 is 2. The summed E-state index contributed by atoms with van der Waals surface area (Å²) >= 11 is 0. The van der Waals surface area contributed by atoms with Gasteiger partial charge in [-0.3, -0.25) is 9.80 Å². The van der Waals surface area contributed by atoms with Crippen molar-refractivity contribution in [2.45, 2.75) is 12.6 Å². The lowest BCUT2D eigenvalue weighted by Crippen LogP contribution is -2.42. The van der Waals surface area contributed by atoms with E-state index in [2.05, 4.69) is 16.8 Å². The molecule has 1 fully saturated rings. The lowest BCUT2D eigenvalue weighted by molar-refractivity contribution is 0.00445. The Balaban J connectivity index is 1.84. The normalized spacial score (nSPS) is 16.7. The highest BCUT2D eigenvalue weighted by atomic mass is 16.5. The van der Waals surface area contributed by atoms with Crippen LogP contribution in [0.15, 0.2) is 18.2 Å². The van der Waals surface area contributed by atoms with Gasteiger partial charge in [-0.25, -0.2) is 0 Å². The van der Waals surface area contributed by atoms with Crippen LogP contribution in [0.25, 0.3) is 0 Å². The molecule has 0 amide bonds. The maximum Gasteiger partial charge on any atom is 0.161 e. The Morgan fingerprint density at radius 2 is 2.00 bits per heavy atom. The molecule has 0 aromatic heterocycles. The van der Waals surface area contributed by atoms with Gasteiger partial charge < -0.3 is 24.1 Å². The zero-order valence-corrected chi connectivity index (χ0v) is 16.1. The second-order valence-electron chi connectivity index (χ2n) is 6.59. The fourth-order valence-electron chi connectivity index (χ4n) is 2.89. The Morgan fingerprint density at radius 1 is 1.23 bits per heavy atom. The summed E-state index contributed by atoms with van der Waals surface area (Å²) in [4.78, 5) is 4.37. The number of aliphatic hydroxyl groups excluding tert-OH is 1. The van der Waals surface area contributed by atoms with Crippen molar-refractivity contribution in [2.75, 3.05) is 73.9 Å². The van der Waals surface area contributed by atoms with E-state index in [0.29, 0.717) is 24.7 Å². The molecule has 0 saturated carbocycles. The van der Waals surface area contributed by atoms with Crippen LogP contribution in [0.5, 0.6) is 11.5 Å². The molecule has 26 heavy (non-hydrogen) atoms. The molecule has 1 aliphatic rings. The molecule has 1 aliphatic heterocycles. The summed E-state index contributed by atoms with van der Waals surface area (Å²) in [6.45, 7) is 6.36. The number of benzene rings is 1. The zero-order valence-electron chi connectivity index (χ0n) is 16.1. The Bertz CT molecular complexity index is 523. The van der Waals surface area contributed by atoms with Crippen LogP contribution in [0.2, 0.25) is 0 Å². The van der Waals surface area contributed by atoms with Gasteiger partial charge in [0.05, 0.1) is 26.9 Å². The molecule has 1 N–H and O–H groups in total. The first-order valence-electron chi connectivity index (χ1n) is 9.07. The molecular weight excluding hydrogens is 336 g/mol. The molecule has 148 valence electrons. The molecule has 0 bridgehead atoms. The summed E-state index contributed by atoms with van der Waals surface area (Å²) < 4.78 is 21.7. The highest BCUT2D eigenvalue weighted by molar-refractivity contribution is 5.43. The molecule has 0 radical (unpaired) electrons. The van der Waals surface area contributed by atoms with E-state index in [9.17, 15) is 5.11 Å². The summed E-state index contributed by atoms with van der Waals surface area (Å²) in [6, 6.07) is 5.91. The average molecular weight is 368 g/mol. The first-order valence-corrected chi connectivity index (χ1v) is 9.07. The fraction of sp³-hybridized carbons (Fsp3) is 0.684. The van der Waals surface area contributed by atoms with Gasteiger partial charge in [0.2, 0.25) is 0 Å². The number of hydrogen-bond donors (Lipinski definition) is 1. The highest BCUT2D eigenvalue weighted by Gasteiger charge is 2.16. The van der Waals surface area contributed by atoms with Crippen LogP contribution in [-0.4, -0.2) is 94.9 Å². The Labute approximate surface area is 156 Å². The van der Waals surface area contributed by atoms with Crippen LogP contribution < -0.4 is 9.47 Å². The van der Waals surface area contributed by atoms with E-state index in [1.54, 1.807) is 14.2 Å². The summed E-state index contributed by atoms with van der Waals surface area (Å²) in [7, 11) is 5.39. The number of rotatable bonds is 11. The van der Waals surface area contributed by atoms with Gasteiger partial charge in [-0.2, -0.15) is 0 Å². The lowest BCUT2D eigenvalue weighted by Gasteiger charge is -2.28. The number of β-amino-alcohol motifs (C(OH)–C–C–N with tert-alkyl or cyclic N) is 1. The van der Waals surface area contributed by atoms with E-state index in [1.165, 1.54) is 0 Å². The summed E-state index contributed by atoms with van der Waals surface area (Å²) in [5, 5.41) is 10.2. The van der Waals surface area contributed by atoms with Gasteiger partial charge in [-0.15, -0.1) is 0 Å². The minimum Gasteiger partial charge on any atom is -0.493 e. The maximum atomic E-state index is 10.2. The number of nitrogens with zero attached hydrogens (tertiary/aromatic N) is 2. The Morgan fingerprint density at radius 3 is 2.69 bits per heavy atom. The largest absolute Gasteiger partial charge is 0.493 e. The van der Waals surface area contributed by atoms with Crippen molar-refractivity contribution in [3.05, 3.63) is 23.8 Å². The third-order valence-corrected chi connectivity index (χ3v) is 4.36. The van der Waals surface area contributed by atoms with Crippen molar-refractivity contribution in [3.8, 4) is 11.5 Å². The third kappa shape index (κ3) is 7.09. The molecule has 7 heteroatoms. The number of hydrogen-bond acceptors (Lipinski definition) is 7. The predicted octanol–water partition coefficient (Wildman–Crippen LogP) is 0.845. The molecule has 1 aromatic carbocycles. The van der Waals surface area contributed by atoms with Crippen molar-refractivity contribution < 1.29 is 24.1 Å². The van der Waals surface area contributed by atoms with Gasteiger partial charge >= 0.3 is 0 Å². The number of morpholine rings is 1. The van der Waals surface area contributed by atoms with E-state index < -0.39 is 6.10 Å². The van der Waals surface area contributed by atoms with Gasteiger partial charge in [-0.1, -0.05) is 6.07 Å². The van der Waals surface area contributed by atoms with E-state index in [-0.39, 0.29) is 6.61 Å². The lowest BCUT2D eigenvalue weighted by atomic mass is 10.2. The molecule has 1 heterocycles. The Hall–Kier alpha value is -1.38. The molecule has 0 aliphatic carbocycles. The van der Waals surface area contributed by atoms with Crippen LogP contribution in [0.4, 0.5) is 0 Å². The smallest absolute Gasteiger partial charge is 0.161 e. The minimum absolute atomic E-state index is 0.237. The fourth-order valence-corrected chi connectivity index (χ4v) is 2.89. The second kappa shape index (κ2) is 11.4. The summed E-state index contributed by atoms with van der Waals surface area (Å²) in [5.74, 6) is 1.33. The van der Waals surface area contributed by atoms with E-state index >= 15 is 0 Å². The molecule has 1 aromatic rings. The van der Waals surface area contributed by atoms with Crippen molar-refractivity contribution in [3.63, 3.8) is 0 Å². The predicted molar refractivity (Wildman–Crippen MR) is 100.0 cm³/mol. The van der Waals surface area contributed by atoms with Crippen molar-refractivity contribution >= 4 is 0 Å². The van der Waals surface area contributed by atoms with Gasteiger partial charge in [0.1, 0.15) is 12.7 Å². The molecule has 0 spiro atoms. The standard InChI is InChI=1S/C19H32N2O5/c1-20(6-9-23-2)13-16-4-5-18(19(12-16)24-3)26-15-17(22)14-21-7-10-25-11-8-21/h4-5,12,17,22H,6-11,13-15H2,1-3H3/t17-/m1/s1. The SMILES string of the molecule is COCCN(C)Cc1ccc(OC[C@H](O)CN2CCOCC2)c(OC)c1. The molecular formula is C19H32N2O5. The van der Waals surface area contributed by atoms with Crippen LogP contribution in [0.1, 0.15) is 5.56 Å². The number of ether oxygens (including phenoxy) is 4. The topological polar surface area (TPSA) is 63.6 Å². The first kappa shape index (κ1) is 20.9. The Kier molecular flexibility index (Phi) is 9.14. The minimum atomic E-state index is -0.544. The van der Waals surface area contributed by atoms with Crippen molar-refractivity contribution in [2.24, 2.45) is 0 Å². The quantitative estimate of drug-likeness (QED) is 0.621. The average Bonchev–Trinajstić information content (AvgIpc) is 2.66. The molecule has 7 nitrogen and oxygen atoms in total. The summed E-state index contributed by atoms with van der Waals surface area (Å²) in [5.41, 5.74) is 1.14. The van der Waals surface area contributed by atoms with Gasteiger partial charge in [0.15, 0.2) is 11.5 Å². The molecule has 1 saturated heterocycles. The van der Waals surface area contributed by atoms with Crippen LogP contribution in [0.3, 0.4) is 0 Å². The maximum absolute atomic E-state index is 10.2. The number of aliphatic hydroxyl groups is 1. The van der Waals surface area contributed by atoms with Crippen LogP contribution in [0, 0.1) is 0 Å². The van der Waals surface area contributed by atoms with Gasteiger partial charge in [-0.05, 0) is 24.7 Å².